The van der Waals surface area contributed by atoms with Gasteiger partial charge in [-0.2, -0.15) is 0 Å². The number of carbonyl (C=O) groups is 1. The Morgan fingerprint density at radius 3 is 2.48 bits per heavy atom. The topological polar surface area (TPSA) is 53.5 Å². The van der Waals surface area contributed by atoms with E-state index < -0.39 is 10.8 Å². The lowest BCUT2D eigenvalue weighted by atomic mass is 10.1. The van der Waals surface area contributed by atoms with Gasteiger partial charge >= 0.3 is 0 Å². The number of rotatable bonds is 5. The van der Waals surface area contributed by atoms with Gasteiger partial charge in [0.25, 0.3) is 5.91 Å². The lowest BCUT2D eigenvalue weighted by molar-refractivity contribution is 0.0628. The molecule has 1 atom stereocenters. The maximum Gasteiger partial charge on any atom is 0.253 e. The number of piperazine rings is 1. The van der Waals surface area contributed by atoms with Crippen molar-refractivity contribution in [3.63, 3.8) is 0 Å². The number of hydrogen-bond acceptors (Lipinski definition) is 4. The van der Waals surface area contributed by atoms with Gasteiger partial charge in [-0.25, -0.2) is 0 Å². The van der Waals surface area contributed by atoms with E-state index in [0.29, 0.717) is 11.3 Å². The molecule has 1 aliphatic rings. The zero-order chi connectivity index (χ0) is 17.6. The van der Waals surface area contributed by atoms with Crippen LogP contribution in [0.5, 0.6) is 0 Å². The van der Waals surface area contributed by atoms with E-state index in [1.807, 2.05) is 53.7 Å². The van der Waals surface area contributed by atoms with E-state index in [0.717, 1.165) is 38.3 Å². The highest BCUT2D eigenvalue weighted by atomic mass is 32.2. The molecule has 2 heterocycles. The molecule has 2 aromatic rings. The molecular formula is C19H23N3O2S. The minimum Gasteiger partial charge on any atom is -0.336 e. The monoisotopic (exact) mass is 357 g/mol. The van der Waals surface area contributed by atoms with Crippen LogP contribution in [0.2, 0.25) is 0 Å². The van der Waals surface area contributed by atoms with Crippen molar-refractivity contribution in [2.75, 3.05) is 32.4 Å². The van der Waals surface area contributed by atoms with E-state index in [4.69, 9.17) is 0 Å². The molecule has 6 heteroatoms. The molecule has 1 aromatic heterocycles. The van der Waals surface area contributed by atoms with Gasteiger partial charge in [-0.1, -0.05) is 12.1 Å². The molecule has 1 amide bonds. The summed E-state index contributed by atoms with van der Waals surface area (Å²) in [6.45, 7) is 4.09. The largest absolute Gasteiger partial charge is 0.336 e. The predicted molar refractivity (Wildman–Crippen MR) is 99.6 cm³/mol. The van der Waals surface area contributed by atoms with Gasteiger partial charge in [0.2, 0.25) is 0 Å². The van der Waals surface area contributed by atoms with Crippen LogP contribution >= 0.6 is 0 Å². The van der Waals surface area contributed by atoms with E-state index in [1.165, 1.54) is 5.56 Å². The molecule has 1 aliphatic heterocycles. The maximum absolute atomic E-state index is 12.7. The second-order valence-electron chi connectivity index (χ2n) is 6.34. The standard InChI is InChI=1S/C19H23N3O2S/c1-25(24)15-17-3-2-4-18(13-17)19(23)22-11-9-21(10-12-22)14-16-5-7-20-8-6-16/h2-8,13H,9-12,14-15H2,1H3. The first-order valence-corrected chi connectivity index (χ1v) is 10.1. The Labute approximate surface area is 151 Å². The summed E-state index contributed by atoms with van der Waals surface area (Å²) in [6.07, 6.45) is 5.30. The van der Waals surface area contributed by atoms with Crippen LogP contribution in [0.25, 0.3) is 0 Å². The van der Waals surface area contributed by atoms with E-state index in [1.54, 1.807) is 6.26 Å². The van der Waals surface area contributed by atoms with E-state index in [2.05, 4.69) is 9.88 Å². The summed E-state index contributed by atoms with van der Waals surface area (Å²) in [5.41, 5.74) is 2.88. The fourth-order valence-corrected chi connectivity index (χ4v) is 3.72. The van der Waals surface area contributed by atoms with Crippen LogP contribution in [0, 0.1) is 0 Å². The number of amides is 1. The van der Waals surface area contributed by atoms with Crippen molar-refractivity contribution in [1.29, 1.82) is 0 Å². The van der Waals surface area contributed by atoms with Crippen molar-refractivity contribution in [3.05, 3.63) is 65.5 Å². The Bertz CT molecular complexity index is 743. The molecule has 0 spiro atoms. The molecule has 1 aromatic carbocycles. The zero-order valence-corrected chi connectivity index (χ0v) is 15.2. The van der Waals surface area contributed by atoms with Gasteiger partial charge < -0.3 is 4.90 Å². The second-order valence-corrected chi connectivity index (χ2v) is 7.78. The van der Waals surface area contributed by atoms with Crippen LogP contribution in [-0.2, 0) is 23.1 Å². The van der Waals surface area contributed by atoms with E-state index in [-0.39, 0.29) is 5.91 Å². The first-order valence-electron chi connectivity index (χ1n) is 8.41. The van der Waals surface area contributed by atoms with Crippen LogP contribution in [0.3, 0.4) is 0 Å². The number of nitrogens with zero attached hydrogens (tertiary/aromatic N) is 3. The van der Waals surface area contributed by atoms with Crippen molar-refractivity contribution < 1.29 is 9.00 Å². The first-order chi connectivity index (χ1) is 12.1. The highest BCUT2D eigenvalue weighted by Crippen LogP contribution is 2.13. The number of hydrogen-bond donors (Lipinski definition) is 0. The van der Waals surface area contributed by atoms with Crippen LogP contribution in [0.1, 0.15) is 21.5 Å². The van der Waals surface area contributed by atoms with Crippen LogP contribution in [-0.4, -0.2) is 57.3 Å². The van der Waals surface area contributed by atoms with Gasteiger partial charge in [0.15, 0.2) is 0 Å². The third-order valence-electron chi connectivity index (χ3n) is 4.36. The molecular weight excluding hydrogens is 334 g/mol. The van der Waals surface area contributed by atoms with Crippen LogP contribution in [0.15, 0.2) is 48.8 Å². The molecule has 1 saturated heterocycles. The van der Waals surface area contributed by atoms with Gasteiger partial charge in [-0.05, 0) is 35.4 Å². The van der Waals surface area contributed by atoms with Crippen LogP contribution < -0.4 is 0 Å². The Kier molecular flexibility index (Phi) is 5.94. The number of aromatic nitrogens is 1. The predicted octanol–water partition coefficient (Wildman–Crippen LogP) is 1.92. The lowest BCUT2D eigenvalue weighted by Gasteiger charge is -2.34. The molecule has 0 bridgehead atoms. The fraction of sp³-hybridized carbons (Fsp3) is 0.368. The summed E-state index contributed by atoms with van der Waals surface area (Å²) >= 11 is 0. The molecule has 1 unspecified atom stereocenters. The van der Waals surface area contributed by atoms with Gasteiger partial charge in [-0.15, -0.1) is 0 Å². The number of carbonyl (C=O) groups excluding carboxylic acids is 1. The third-order valence-corrected chi connectivity index (χ3v) is 5.10. The molecule has 3 rings (SSSR count). The van der Waals surface area contributed by atoms with Gasteiger partial charge in [-0.3, -0.25) is 18.9 Å². The van der Waals surface area contributed by atoms with Crippen molar-refractivity contribution in [2.24, 2.45) is 0 Å². The fourth-order valence-electron chi connectivity index (χ4n) is 3.07. The average molecular weight is 357 g/mol. The second kappa shape index (κ2) is 8.36. The van der Waals surface area contributed by atoms with Crippen molar-refractivity contribution in [1.82, 2.24) is 14.8 Å². The smallest absolute Gasteiger partial charge is 0.253 e. The van der Waals surface area contributed by atoms with Crippen molar-refractivity contribution >= 4 is 16.7 Å². The highest BCUT2D eigenvalue weighted by molar-refractivity contribution is 7.83. The Morgan fingerprint density at radius 1 is 1.08 bits per heavy atom. The van der Waals surface area contributed by atoms with E-state index in [9.17, 15) is 9.00 Å². The number of benzene rings is 1. The summed E-state index contributed by atoms with van der Waals surface area (Å²) in [6, 6.07) is 11.6. The third kappa shape index (κ3) is 4.96. The Morgan fingerprint density at radius 2 is 1.80 bits per heavy atom. The molecule has 132 valence electrons. The molecule has 1 fully saturated rings. The molecule has 5 nitrogen and oxygen atoms in total. The SMILES string of the molecule is CS(=O)Cc1cccc(C(=O)N2CCN(Cc3ccncc3)CC2)c1. The molecule has 0 aliphatic carbocycles. The molecule has 25 heavy (non-hydrogen) atoms. The average Bonchev–Trinajstić information content (AvgIpc) is 2.62. The summed E-state index contributed by atoms with van der Waals surface area (Å²) in [5, 5.41) is 0. The molecule has 0 saturated carbocycles. The van der Waals surface area contributed by atoms with Gasteiger partial charge in [0.05, 0.1) is 0 Å². The maximum atomic E-state index is 12.7. The highest BCUT2D eigenvalue weighted by Gasteiger charge is 2.22. The van der Waals surface area contributed by atoms with Crippen molar-refractivity contribution in [3.8, 4) is 0 Å². The van der Waals surface area contributed by atoms with E-state index >= 15 is 0 Å². The molecule has 0 radical (unpaired) electrons. The minimum atomic E-state index is -0.903. The van der Waals surface area contributed by atoms with Crippen molar-refractivity contribution in [2.45, 2.75) is 12.3 Å². The first kappa shape index (κ1) is 17.8. The Balaban J connectivity index is 1.57. The summed E-state index contributed by atoms with van der Waals surface area (Å²) < 4.78 is 11.4. The molecule has 0 N–H and O–H groups in total. The number of pyridine rings is 1. The van der Waals surface area contributed by atoms with Crippen LogP contribution in [0.4, 0.5) is 0 Å². The summed E-state index contributed by atoms with van der Waals surface area (Å²) in [4.78, 5) is 21.0. The summed E-state index contributed by atoms with van der Waals surface area (Å²) in [7, 11) is -0.903. The van der Waals surface area contributed by atoms with Gasteiger partial charge in [0, 0.05) is 73.5 Å². The quantitative estimate of drug-likeness (QED) is 0.820. The minimum absolute atomic E-state index is 0.0623. The van der Waals surface area contributed by atoms with Gasteiger partial charge in [0.1, 0.15) is 0 Å². The summed E-state index contributed by atoms with van der Waals surface area (Å²) in [5.74, 6) is 0.549. The lowest BCUT2D eigenvalue weighted by Crippen LogP contribution is -2.48. The zero-order valence-electron chi connectivity index (χ0n) is 14.4. The Hall–Kier alpha value is -2.05. The normalized spacial score (nSPS) is 16.6.